The van der Waals surface area contributed by atoms with Crippen molar-refractivity contribution in [3.05, 3.63) is 119 Å². The smallest absolute Gasteiger partial charge is 0.336 e. The number of ketones is 1. The molecule has 250 valence electrons. The second kappa shape index (κ2) is 16.1. The number of pyridine rings is 2. The van der Waals surface area contributed by atoms with E-state index in [1.807, 2.05) is 25.1 Å². The van der Waals surface area contributed by atoms with E-state index in [1.54, 1.807) is 72.9 Å². The van der Waals surface area contributed by atoms with Crippen molar-refractivity contribution in [1.29, 1.82) is 0 Å². The fourth-order valence-corrected chi connectivity index (χ4v) is 5.06. The van der Waals surface area contributed by atoms with Crippen LogP contribution in [0.1, 0.15) is 79.9 Å². The third-order valence-corrected chi connectivity index (χ3v) is 7.61. The number of carboxylic acids is 1. The lowest BCUT2D eigenvalue weighted by Crippen LogP contribution is -2.16. The molecule has 0 aliphatic heterocycles. The van der Waals surface area contributed by atoms with Crippen LogP contribution in [-0.2, 0) is 0 Å². The Kier molecular flexibility index (Phi) is 11.7. The van der Waals surface area contributed by atoms with Gasteiger partial charge in [-0.05, 0) is 90.7 Å². The Hall–Kier alpha value is -6.16. The summed E-state index contributed by atoms with van der Waals surface area (Å²) >= 11 is 0. The first-order chi connectivity index (χ1) is 23.4. The molecule has 0 bridgehead atoms. The zero-order valence-electron chi connectivity index (χ0n) is 28.0. The van der Waals surface area contributed by atoms with Crippen LogP contribution in [-0.4, -0.2) is 46.1 Å². The quantitative estimate of drug-likeness (QED) is 0.1000. The molecule has 0 fully saturated rings. The molecule has 0 atom stereocenters. The number of nitrogens with two attached hydrogens (primary N) is 1. The molecule has 10 heteroatoms. The van der Waals surface area contributed by atoms with Gasteiger partial charge in [-0.25, -0.2) is 14.8 Å². The number of benzene rings is 3. The van der Waals surface area contributed by atoms with Gasteiger partial charge in [-0.3, -0.25) is 14.4 Å². The van der Waals surface area contributed by atoms with E-state index in [1.165, 1.54) is 14.0 Å². The summed E-state index contributed by atoms with van der Waals surface area (Å²) in [6.45, 7) is 7.58. The van der Waals surface area contributed by atoms with E-state index < -0.39 is 11.9 Å². The molecule has 5 aromatic rings. The number of methoxy groups -OCH3 is 1. The van der Waals surface area contributed by atoms with Crippen molar-refractivity contribution in [1.82, 2.24) is 9.97 Å². The molecule has 0 aliphatic rings. The van der Waals surface area contributed by atoms with Crippen LogP contribution in [0, 0.1) is 12.8 Å². The van der Waals surface area contributed by atoms with Gasteiger partial charge in [-0.15, -0.1) is 0 Å². The third kappa shape index (κ3) is 9.01. The van der Waals surface area contributed by atoms with E-state index in [-0.39, 0.29) is 22.9 Å². The van der Waals surface area contributed by atoms with Crippen molar-refractivity contribution >= 4 is 52.3 Å². The normalized spacial score (nSPS) is 10.8. The molecule has 0 saturated carbocycles. The first-order valence-corrected chi connectivity index (χ1v) is 15.5. The largest absolute Gasteiger partial charge is 0.481 e. The lowest BCUT2D eigenvalue weighted by molar-refractivity contribution is 0.0697. The average molecular weight is 659 g/mol. The number of aldehydes is 1. The summed E-state index contributed by atoms with van der Waals surface area (Å²) < 4.78 is 5.24. The van der Waals surface area contributed by atoms with Gasteiger partial charge in [0.05, 0.1) is 12.7 Å². The van der Waals surface area contributed by atoms with Crippen LogP contribution < -0.4 is 15.8 Å². The Bertz CT molecular complexity index is 2070. The lowest BCUT2D eigenvalue weighted by atomic mass is 9.95. The number of nitrogen functional groups attached to an aromatic ring is 1. The Morgan fingerprint density at radius 1 is 0.939 bits per heavy atom. The number of ether oxygens (including phenoxy) is 1. The van der Waals surface area contributed by atoms with E-state index in [4.69, 9.17) is 10.5 Å². The van der Waals surface area contributed by atoms with Gasteiger partial charge in [0.25, 0.3) is 5.91 Å². The maximum Gasteiger partial charge on any atom is 0.336 e. The summed E-state index contributed by atoms with van der Waals surface area (Å²) in [6, 6.07) is 20.5. The summed E-state index contributed by atoms with van der Waals surface area (Å²) in [5, 5.41) is 14.4. The second-order valence-corrected chi connectivity index (χ2v) is 11.7. The van der Waals surface area contributed by atoms with E-state index in [0.29, 0.717) is 39.7 Å². The van der Waals surface area contributed by atoms with E-state index in [9.17, 15) is 24.3 Å². The summed E-state index contributed by atoms with van der Waals surface area (Å²) in [5.41, 5.74) is 10.2. The number of carbonyl (C=O) groups is 4. The molecule has 3 aromatic carbocycles. The molecule has 2 aromatic heterocycles. The van der Waals surface area contributed by atoms with E-state index >= 15 is 0 Å². The summed E-state index contributed by atoms with van der Waals surface area (Å²) in [7, 11) is 1.45. The van der Waals surface area contributed by atoms with Gasteiger partial charge >= 0.3 is 5.97 Å². The number of anilines is 2. The molecular weight excluding hydrogens is 620 g/mol. The third-order valence-electron chi connectivity index (χ3n) is 7.61. The fourth-order valence-electron chi connectivity index (χ4n) is 5.06. The number of aryl methyl sites for hydroxylation is 1. The number of rotatable bonds is 10. The number of allylic oxidation sites excluding steroid dienone is 1. The highest BCUT2D eigenvalue weighted by atomic mass is 16.5. The summed E-state index contributed by atoms with van der Waals surface area (Å²) in [5.74, 6) is -0.481. The second-order valence-electron chi connectivity index (χ2n) is 11.7. The Balaban J connectivity index is 0.000000380. The SMILES string of the molecule is CC(=O)c1cc(C=O)ccc1C.COc1ccc(-c2ccc(/C=C\CC(C)C)cc2C(=O)O)c(C(=O)Nc2ccc3c(N)nccc3c2)n1. The van der Waals surface area contributed by atoms with Gasteiger partial charge in [-0.1, -0.05) is 50.3 Å². The van der Waals surface area contributed by atoms with Gasteiger partial charge in [0, 0.05) is 40.0 Å². The van der Waals surface area contributed by atoms with E-state index in [0.717, 1.165) is 34.6 Å². The minimum Gasteiger partial charge on any atom is -0.481 e. The molecule has 2 heterocycles. The molecule has 0 saturated heterocycles. The Morgan fingerprint density at radius 3 is 2.33 bits per heavy atom. The van der Waals surface area contributed by atoms with Crippen LogP contribution in [0.5, 0.6) is 5.88 Å². The predicted molar refractivity (Wildman–Crippen MR) is 192 cm³/mol. The van der Waals surface area contributed by atoms with Gasteiger partial charge in [-0.2, -0.15) is 0 Å². The monoisotopic (exact) mass is 658 g/mol. The van der Waals surface area contributed by atoms with Crippen LogP contribution in [0.15, 0.2) is 85.1 Å². The Labute approximate surface area is 284 Å². The van der Waals surface area contributed by atoms with Crippen molar-refractivity contribution in [2.24, 2.45) is 5.92 Å². The highest BCUT2D eigenvalue weighted by Crippen LogP contribution is 2.31. The molecule has 49 heavy (non-hydrogen) atoms. The predicted octanol–water partition coefficient (Wildman–Crippen LogP) is 7.91. The van der Waals surface area contributed by atoms with Crippen LogP contribution in [0.2, 0.25) is 0 Å². The first kappa shape index (κ1) is 35.7. The van der Waals surface area contributed by atoms with Crippen LogP contribution in [0.4, 0.5) is 11.5 Å². The van der Waals surface area contributed by atoms with Crippen LogP contribution >= 0.6 is 0 Å². The highest BCUT2D eigenvalue weighted by molar-refractivity contribution is 6.10. The highest BCUT2D eigenvalue weighted by Gasteiger charge is 2.21. The number of carbonyl (C=O) groups excluding carboxylic acids is 3. The number of aromatic nitrogens is 2. The minimum atomic E-state index is -1.10. The average Bonchev–Trinajstić information content (AvgIpc) is 3.08. The molecule has 0 radical (unpaired) electrons. The minimum absolute atomic E-state index is 0.00352. The van der Waals surface area contributed by atoms with Gasteiger partial charge in [0.1, 0.15) is 17.8 Å². The molecule has 0 spiro atoms. The van der Waals surface area contributed by atoms with Crippen molar-refractivity contribution in [2.45, 2.75) is 34.1 Å². The van der Waals surface area contributed by atoms with Gasteiger partial charge in [0.15, 0.2) is 5.78 Å². The molecule has 1 amide bonds. The zero-order chi connectivity index (χ0) is 35.7. The Morgan fingerprint density at radius 2 is 1.65 bits per heavy atom. The standard InChI is InChI=1S/C29H28N4O4.C10H10O2/c1-17(2)5-4-6-18-7-9-22(24(15-18)29(35)36)23-11-12-25(37-3)33-26(23)28(34)32-20-8-10-21-19(16-20)13-14-31-27(21)30;1-7-3-4-9(6-11)5-10(7)8(2)12/h4,6-17H,5H2,1-3H3,(H2,30,31)(H,32,34)(H,35,36);3-6H,1-2H3/b6-4-;. The number of fused-ring (bicyclic) bond motifs is 1. The first-order valence-electron chi connectivity index (χ1n) is 15.5. The number of aromatic carboxylic acids is 1. The maximum atomic E-state index is 13.4. The van der Waals surface area contributed by atoms with Gasteiger partial charge < -0.3 is 20.9 Å². The van der Waals surface area contributed by atoms with Crippen molar-refractivity contribution in [3.63, 3.8) is 0 Å². The summed E-state index contributed by atoms with van der Waals surface area (Å²) in [6.07, 6.45) is 7.14. The van der Waals surface area contributed by atoms with Crippen molar-refractivity contribution in [2.75, 3.05) is 18.2 Å². The molecule has 10 nitrogen and oxygen atoms in total. The van der Waals surface area contributed by atoms with Crippen molar-refractivity contribution in [3.8, 4) is 17.0 Å². The van der Waals surface area contributed by atoms with E-state index in [2.05, 4.69) is 29.1 Å². The van der Waals surface area contributed by atoms with Crippen LogP contribution in [0.3, 0.4) is 0 Å². The molecule has 5 rings (SSSR count). The molecular formula is C39H38N4O6. The maximum absolute atomic E-state index is 13.4. The topological polar surface area (TPSA) is 162 Å². The molecule has 4 N–H and O–H groups in total. The number of Topliss-reactive ketones (excluding diaryl/α,β-unsaturated/α-hetero) is 1. The fraction of sp³-hybridized carbons (Fsp3) is 0.179. The van der Waals surface area contributed by atoms with Gasteiger partial charge in [0.2, 0.25) is 5.88 Å². The molecule has 0 aliphatic carbocycles. The lowest BCUT2D eigenvalue weighted by Gasteiger charge is -2.14. The number of amides is 1. The number of hydrogen-bond donors (Lipinski definition) is 3. The number of nitrogens with zero attached hydrogens (tertiary/aromatic N) is 2. The number of hydrogen-bond acceptors (Lipinski definition) is 8. The van der Waals surface area contributed by atoms with Crippen LogP contribution in [0.25, 0.3) is 28.0 Å². The zero-order valence-corrected chi connectivity index (χ0v) is 28.0. The number of carboxylic acid groups (broad SMARTS) is 1. The number of nitrogens with one attached hydrogen (secondary N) is 1. The summed E-state index contributed by atoms with van der Waals surface area (Å²) in [4.78, 5) is 55.4. The van der Waals surface area contributed by atoms with Crippen molar-refractivity contribution < 1.29 is 29.0 Å². The molecule has 0 unspecified atom stereocenters.